The zero-order valence-corrected chi connectivity index (χ0v) is 25.5. The van der Waals surface area contributed by atoms with Crippen LogP contribution in [0.3, 0.4) is 0 Å². The quantitative estimate of drug-likeness (QED) is 0.220. The largest absolute Gasteiger partial charge is 0.496 e. The summed E-state index contributed by atoms with van der Waals surface area (Å²) >= 11 is 0. The van der Waals surface area contributed by atoms with E-state index in [9.17, 15) is 18.0 Å². The number of aromatic nitrogens is 7. The number of nitrogens with zero attached hydrogens (tertiary/aromatic N) is 8. The molecular formula is C32H29F3N8O3. The molecule has 4 aromatic heterocycles. The summed E-state index contributed by atoms with van der Waals surface area (Å²) in [5.74, 6) is 0.903. The molecule has 1 aliphatic rings. The van der Waals surface area contributed by atoms with Crippen molar-refractivity contribution in [2.45, 2.75) is 32.6 Å². The molecule has 1 aliphatic heterocycles. The third-order valence-electron chi connectivity index (χ3n) is 8.47. The van der Waals surface area contributed by atoms with Crippen molar-refractivity contribution in [3.8, 4) is 22.8 Å². The maximum atomic E-state index is 13.5. The molecule has 0 radical (unpaired) electrons. The van der Waals surface area contributed by atoms with Crippen LogP contribution >= 0.6 is 0 Å². The second-order valence-corrected chi connectivity index (χ2v) is 11.1. The molecule has 6 aromatic rings. The van der Waals surface area contributed by atoms with Crippen molar-refractivity contribution in [1.82, 2.24) is 33.7 Å². The number of ketones is 1. The van der Waals surface area contributed by atoms with Crippen LogP contribution in [0.5, 0.6) is 11.5 Å². The maximum absolute atomic E-state index is 13.5. The number of anilines is 1. The second-order valence-electron chi connectivity index (χ2n) is 11.1. The van der Waals surface area contributed by atoms with E-state index in [0.717, 1.165) is 32.2 Å². The van der Waals surface area contributed by atoms with E-state index >= 15 is 0 Å². The summed E-state index contributed by atoms with van der Waals surface area (Å²) in [6.07, 6.45) is -1.04. The van der Waals surface area contributed by atoms with Crippen LogP contribution in [0.25, 0.3) is 27.7 Å². The summed E-state index contributed by atoms with van der Waals surface area (Å²) < 4.78 is 56.3. The van der Waals surface area contributed by atoms with Crippen LogP contribution in [-0.4, -0.2) is 60.2 Å². The lowest BCUT2D eigenvalue weighted by Crippen LogP contribution is -2.36. The van der Waals surface area contributed by atoms with Gasteiger partial charge >= 0.3 is 6.18 Å². The van der Waals surface area contributed by atoms with Crippen molar-refractivity contribution < 1.29 is 27.4 Å². The number of hydrogen-bond donors (Lipinski definition) is 0. The molecule has 0 fully saturated rings. The first-order chi connectivity index (χ1) is 22.1. The number of imidazole rings is 1. The van der Waals surface area contributed by atoms with Crippen molar-refractivity contribution >= 4 is 28.2 Å². The Kier molecular flexibility index (Phi) is 6.94. The number of carbonyl (C=O) groups excluding carboxylic acids is 1. The molecule has 0 bridgehead atoms. The normalized spacial score (nSPS) is 13.4. The Morgan fingerprint density at radius 1 is 1.02 bits per heavy atom. The van der Waals surface area contributed by atoms with Crippen LogP contribution in [0.4, 0.5) is 19.1 Å². The van der Waals surface area contributed by atoms with Gasteiger partial charge in [-0.1, -0.05) is 18.2 Å². The third-order valence-corrected chi connectivity index (χ3v) is 8.47. The van der Waals surface area contributed by atoms with E-state index < -0.39 is 12.0 Å². The molecule has 2 aromatic carbocycles. The zero-order valence-electron chi connectivity index (χ0n) is 25.5. The molecule has 5 heterocycles. The standard InChI is InChI=1S/C32H29F3N8O3/c1-18-29-28(37-31(43(29)11-10-36-18)41-12-13-42-27(17-41)38-39-30(42)32(33,34)35)20-9-8-19(26(15-20)46-4)14-24(44)23-16-21-22(40(23)2)6-5-7-25(21)45-3/h5-11,15-16H,12-14,17H2,1-4H3. The second kappa shape index (κ2) is 10.9. The first kappa shape index (κ1) is 29.3. The predicted molar refractivity (Wildman–Crippen MR) is 163 cm³/mol. The number of alkyl halides is 3. The van der Waals surface area contributed by atoms with Crippen molar-refractivity contribution in [3.63, 3.8) is 0 Å². The van der Waals surface area contributed by atoms with Gasteiger partial charge in [0.2, 0.25) is 11.8 Å². The highest BCUT2D eigenvalue weighted by Crippen LogP contribution is 2.36. The lowest BCUT2D eigenvalue weighted by atomic mass is 10.0. The van der Waals surface area contributed by atoms with Crippen molar-refractivity contribution in [2.75, 3.05) is 25.7 Å². The first-order valence-electron chi connectivity index (χ1n) is 14.5. The van der Waals surface area contributed by atoms with Crippen molar-refractivity contribution in [2.24, 2.45) is 7.05 Å². The minimum absolute atomic E-state index is 0.0610. The Balaban J connectivity index is 1.22. The smallest absolute Gasteiger partial charge is 0.451 e. The highest BCUT2D eigenvalue weighted by atomic mass is 19.4. The van der Waals surface area contributed by atoms with Crippen LogP contribution in [0.1, 0.15) is 33.4 Å². The number of Topliss-reactive ketones (excluding diaryl/α,β-unsaturated/α-hetero) is 1. The van der Waals surface area contributed by atoms with Gasteiger partial charge in [0.15, 0.2) is 11.6 Å². The van der Waals surface area contributed by atoms with E-state index in [1.54, 1.807) is 26.6 Å². The van der Waals surface area contributed by atoms with Gasteiger partial charge in [0, 0.05) is 55.5 Å². The molecule has 0 N–H and O–H groups in total. The number of methoxy groups -OCH3 is 2. The molecule has 0 spiro atoms. The minimum atomic E-state index is -4.58. The third kappa shape index (κ3) is 4.71. The summed E-state index contributed by atoms with van der Waals surface area (Å²) in [5.41, 5.74) is 4.99. The predicted octanol–water partition coefficient (Wildman–Crippen LogP) is 5.27. The Bertz CT molecular complexity index is 2150. The van der Waals surface area contributed by atoms with Gasteiger partial charge in [-0.3, -0.25) is 14.2 Å². The lowest BCUT2D eigenvalue weighted by molar-refractivity contribution is -0.147. The topological polar surface area (TPSA) is 105 Å². The summed E-state index contributed by atoms with van der Waals surface area (Å²) in [6, 6.07) is 13.1. The Morgan fingerprint density at radius 2 is 1.83 bits per heavy atom. The van der Waals surface area contributed by atoms with E-state index in [-0.39, 0.29) is 37.7 Å². The van der Waals surface area contributed by atoms with Gasteiger partial charge in [-0.2, -0.15) is 13.2 Å². The lowest BCUT2D eigenvalue weighted by Gasteiger charge is -2.28. The number of aryl methyl sites for hydroxylation is 2. The summed E-state index contributed by atoms with van der Waals surface area (Å²) in [6.45, 7) is 2.31. The fourth-order valence-electron chi connectivity index (χ4n) is 6.22. The fraction of sp³-hybridized carbons (Fsp3) is 0.281. The highest BCUT2D eigenvalue weighted by Gasteiger charge is 2.40. The molecule has 7 rings (SSSR count). The Labute approximate surface area is 260 Å². The van der Waals surface area contributed by atoms with Gasteiger partial charge < -0.3 is 23.5 Å². The average Bonchev–Trinajstić information content (AvgIpc) is 3.75. The number of fused-ring (bicyclic) bond motifs is 3. The van der Waals surface area contributed by atoms with E-state index in [1.165, 1.54) is 0 Å². The molecule has 236 valence electrons. The van der Waals surface area contributed by atoms with Gasteiger partial charge in [0.25, 0.3) is 0 Å². The van der Waals surface area contributed by atoms with Crippen LogP contribution in [0, 0.1) is 6.92 Å². The molecule has 46 heavy (non-hydrogen) atoms. The van der Waals surface area contributed by atoms with E-state index in [2.05, 4.69) is 15.2 Å². The molecule has 0 atom stereocenters. The number of ether oxygens (including phenoxy) is 2. The average molecular weight is 631 g/mol. The van der Waals surface area contributed by atoms with Gasteiger partial charge in [0.1, 0.15) is 17.2 Å². The van der Waals surface area contributed by atoms with Crippen LogP contribution in [0.2, 0.25) is 0 Å². The van der Waals surface area contributed by atoms with Crippen LogP contribution in [0.15, 0.2) is 54.9 Å². The van der Waals surface area contributed by atoms with E-state index in [4.69, 9.17) is 14.5 Å². The van der Waals surface area contributed by atoms with Gasteiger partial charge in [-0.05, 0) is 31.2 Å². The minimum Gasteiger partial charge on any atom is -0.496 e. The zero-order chi connectivity index (χ0) is 32.3. The molecule has 14 heteroatoms. The molecule has 0 aliphatic carbocycles. The SMILES string of the molecule is COc1cc(-c2nc(N3CCn4c(nnc4C(F)(F)F)C3)n3ccnc(C)c23)ccc1CC(=O)c1cc2c(OC)cccc2n1C. The Morgan fingerprint density at radius 3 is 2.59 bits per heavy atom. The maximum Gasteiger partial charge on any atom is 0.451 e. The Hall–Kier alpha value is -5.40. The number of halogens is 3. The molecule has 11 nitrogen and oxygen atoms in total. The highest BCUT2D eigenvalue weighted by molar-refractivity contribution is 6.02. The van der Waals surface area contributed by atoms with E-state index in [1.807, 2.05) is 70.3 Å². The first-order valence-corrected chi connectivity index (χ1v) is 14.5. The van der Waals surface area contributed by atoms with Crippen molar-refractivity contribution in [3.05, 3.63) is 83.5 Å². The monoisotopic (exact) mass is 630 g/mol. The molecule has 0 saturated heterocycles. The number of carbonyl (C=O) groups is 1. The summed E-state index contributed by atoms with van der Waals surface area (Å²) in [4.78, 5) is 24.9. The van der Waals surface area contributed by atoms with Crippen molar-refractivity contribution in [1.29, 1.82) is 0 Å². The molecular weight excluding hydrogens is 601 g/mol. The molecule has 0 saturated carbocycles. The van der Waals surface area contributed by atoms with Gasteiger partial charge in [-0.25, -0.2) is 4.98 Å². The molecule has 0 unspecified atom stereocenters. The fourth-order valence-corrected chi connectivity index (χ4v) is 6.22. The number of hydrogen-bond acceptors (Lipinski definition) is 8. The van der Waals surface area contributed by atoms with Crippen LogP contribution < -0.4 is 14.4 Å². The van der Waals surface area contributed by atoms with E-state index in [0.29, 0.717) is 34.4 Å². The number of rotatable bonds is 7. The summed E-state index contributed by atoms with van der Waals surface area (Å²) in [7, 11) is 5.01. The summed E-state index contributed by atoms with van der Waals surface area (Å²) in [5, 5.41) is 8.07. The van der Waals surface area contributed by atoms with Gasteiger partial charge in [-0.15, -0.1) is 10.2 Å². The molecule has 0 amide bonds. The number of benzene rings is 2. The van der Waals surface area contributed by atoms with Crippen LogP contribution in [-0.2, 0) is 32.7 Å². The van der Waals surface area contributed by atoms with Gasteiger partial charge in [0.05, 0.1) is 43.2 Å².